The SMILES string of the molecule is N#Cc1ccccc1COc1ccc(C=NNC(=O)C(Cc2cnc[nH]2)NC(=O)OCc2ccccc2)cc1. The van der Waals surface area contributed by atoms with E-state index in [0.717, 1.165) is 16.7 Å². The van der Waals surface area contributed by atoms with E-state index in [4.69, 9.17) is 9.47 Å². The van der Waals surface area contributed by atoms with Crippen molar-refractivity contribution < 1.29 is 19.1 Å². The van der Waals surface area contributed by atoms with E-state index in [9.17, 15) is 14.9 Å². The van der Waals surface area contributed by atoms with Crippen LogP contribution in [0.3, 0.4) is 0 Å². The van der Waals surface area contributed by atoms with Gasteiger partial charge in [0.25, 0.3) is 5.91 Å². The molecule has 1 aromatic heterocycles. The number of carbonyl (C=O) groups is 2. The molecule has 0 saturated carbocycles. The van der Waals surface area contributed by atoms with Crippen LogP contribution in [0, 0.1) is 11.3 Å². The maximum atomic E-state index is 12.8. The summed E-state index contributed by atoms with van der Waals surface area (Å²) in [6.45, 7) is 0.347. The number of nitriles is 1. The molecule has 0 radical (unpaired) electrons. The van der Waals surface area contributed by atoms with Crippen molar-refractivity contribution in [2.24, 2.45) is 5.10 Å². The highest BCUT2D eigenvalue weighted by atomic mass is 16.5. The van der Waals surface area contributed by atoms with Crippen LogP contribution >= 0.6 is 0 Å². The zero-order valence-electron chi connectivity index (χ0n) is 20.9. The normalized spacial score (nSPS) is 11.4. The van der Waals surface area contributed by atoms with Gasteiger partial charge in [-0.1, -0.05) is 48.5 Å². The molecule has 0 aliphatic heterocycles. The van der Waals surface area contributed by atoms with E-state index in [1.807, 2.05) is 48.5 Å². The molecule has 4 rings (SSSR count). The van der Waals surface area contributed by atoms with Crippen LogP contribution in [0.4, 0.5) is 4.79 Å². The Labute approximate surface area is 225 Å². The monoisotopic (exact) mass is 522 g/mol. The molecule has 0 aliphatic rings. The lowest BCUT2D eigenvalue weighted by Crippen LogP contribution is -2.47. The van der Waals surface area contributed by atoms with Crippen molar-refractivity contribution in [3.8, 4) is 11.8 Å². The lowest BCUT2D eigenvalue weighted by molar-refractivity contribution is -0.123. The maximum Gasteiger partial charge on any atom is 0.408 e. The molecule has 2 amide bonds. The first-order valence-electron chi connectivity index (χ1n) is 12.1. The fourth-order valence-corrected chi connectivity index (χ4v) is 3.55. The summed E-state index contributed by atoms with van der Waals surface area (Å²) in [6, 6.07) is 24.8. The van der Waals surface area contributed by atoms with E-state index in [2.05, 4.69) is 31.9 Å². The Bertz CT molecular complexity index is 1430. The van der Waals surface area contributed by atoms with Crippen LogP contribution in [0.5, 0.6) is 5.75 Å². The van der Waals surface area contributed by atoms with Crippen molar-refractivity contribution in [1.82, 2.24) is 20.7 Å². The number of alkyl carbamates (subject to hydrolysis) is 1. The van der Waals surface area contributed by atoms with Gasteiger partial charge in [-0.3, -0.25) is 4.79 Å². The first-order chi connectivity index (χ1) is 19.1. The second-order valence-electron chi connectivity index (χ2n) is 8.40. The number of ether oxygens (including phenoxy) is 2. The molecule has 1 unspecified atom stereocenters. The number of benzene rings is 3. The van der Waals surface area contributed by atoms with E-state index in [1.165, 1.54) is 12.5 Å². The minimum absolute atomic E-state index is 0.0772. The molecule has 10 heteroatoms. The molecule has 4 aromatic rings. The number of nitrogens with zero attached hydrogens (tertiary/aromatic N) is 3. The van der Waals surface area contributed by atoms with Gasteiger partial charge in [0.1, 0.15) is 25.0 Å². The number of hydrogen-bond donors (Lipinski definition) is 3. The molecule has 0 saturated heterocycles. The van der Waals surface area contributed by atoms with Crippen LogP contribution < -0.4 is 15.5 Å². The molecule has 1 atom stereocenters. The van der Waals surface area contributed by atoms with Gasteiger partial charge in [-0.05, 0) is 41.5 Å². The number of H-pyrrole nitrogens is 1. The van der Waals surface area contributed by atoms with Crippen molar-refractivity contribution >= 4 is 18.2 Å². The summed E-state index contributed by atoms with van der Waals surface area (Å²) < 4.78 is 11.0. The van der Waals surface area contributed by atoms with Crippen LogP contribution in [0.15, 0.2) is 96.5 Å². The fourth-order valence-electron chi connectivity index (χ4n) is 3.55. The van der Waals surface area contributed by atoms with Crippen molar-refractivity contribution in [1.29, 1.82) is 5.26 Å². The molecule has 3 N–H and O–H groups in total. The third-order valence-electron chi connectivity index (χ3n) is 5.60. The smallest absolute Gasteiger partial charge is 0.408 e. The van der Waals surface area contributed by atoms with Gasteiger partial charge in [-0.15, -0.1) is 0 Å². The van der Waals surface area contributed by atoms with Crippen LogP contribution in [-0.4, -0.2) is 34.2 Å². The Kier molecular flexibility index (Phi) is 9.40. The Balaban J connectivity index is 1.30. The second kappa shape index (κ2) is 13.8. The highest BCUT2D eigenvalue weighted by Gasteiger charge is 2.22. The van der Waals surface area contributed by atoms with E-state index < -0.39 is 18.0 Å². The number of carbonyl (C=O) groups excluding carboxylic acids is 2. The minimum Gasteiger partial charge on any atom is -0.489 e. The third kappa shape index (κ3) is 8.30. The van der Waals surface area contributed by atoms with Gasteiger partial charge in [0.15, 0.2) is 0 Å². The maximum absolute atomic E-state index is 12.8. The predicted octanol–water partition coefficient (Wildman–Crippen LogP) is 3.85. The number of amides is 2. The summed E-state index contributed by atoms with van der Waals surface area (Å²) in [7, 11) is 0. The molecular formula is C29H26N6O4. The third-order valence-corrected chi connectivity index (χ3v) is 5.60. The topological polar surface area (TPSA) is 141 Å². The van der Waals surface area contributed by atoms with Gasteiger partial charge >= 0.3 is 6.09 Å². The molecule has 1 heterocycles. The Morgan fingerprint density at radius 2 is 1.79 bits per heavy atom. The predicted molar refractivity (Wildman–Crippen MR) is 144 cm³/mol. The van der Waals surface area contributed by atoms with Crippen molar-refractivity contribution in [2.45, 2.75) is 25.7 Å². The minimum atomic E-state index is -0.946. The summed E-state index contributed by atoms with van der Waals surface area (Å²) in [4.78, 5) is 32.1. The van der Waals surface area contributed by atoms with Gasteiger partial charge < -0.3 is 19.8 Å². The van der Waals surface area contributed by atoms with Gasteiger partial charge in [-0.25, -0.2) is 15.2 Å². The number of hydrazone groups is 1. The fraction of sp³-hybridized carbons (Fsp3) is 0.138. The van der Waals surface area contributed by atoms with Crippen molar-refractivity contribution in [2.75, 3.05) is 0 Å². The highest BCUT2D eigenvalue weighted by Crippen LogP contribution is 2.15. The molecule has 0 spiro atoms. The van der Waals surface area contributed by atoms with E-state index in [1.54, 1.807) is 36.5 Å². The number of imidazole rings is 1. The summed E-state index contributed by atoms with van der Waals surface area (Å²) in [5.41, 5.74) is 6.05. The number of aromatic amines is 1. The largest absolute Gasteiger partial charge is 0.489 e. The lowest BCUT2D eigenvalue weighted by atomic mass is 10.1. The van der Waals surface area contributed by atoms with Crippen LogP contribution in [0.1, 0.15) is 27.9 Å². The lowest BCUT2D eigenvalue weighted by Gasteiger charge is -2.16. The quantitative estimate of drug-likeness (QED) is 0.202. The Morgan fingerprint density at radius 1 is 1.03 bits per heavy atom. The summed E-state index contributed by atoms with van der Waals surface area (Å²) in [5, 5.41) is 15.8. The zero-order valence-corrected chi connectivity index (χ0v) is 20.9. The van der Waals surface area contributed by atoms with E-state index >= 15 is 0 Å². The molecule has 196 valence electrons. The first kappa shape index (κ1) is 26.6. The number of aromatic nitrogens is 2. The number of hydrogen-bond acceptors (Lipinski definition) is 7. The van der Waals surface area contributed by atoms with E-state index in [-0.39, 0.29) is 19.6 Å². The summed E-state index contributed by atoms with van der Waals surface area (Å²) in [5.74, 6) is 0.107. The molecular weight excluding hydrogens is 496 g/mol. The Hall–Kier alpha value is -5.43. The van der Waals surface area contributed by atoms with Crippen LogP contribution in [0.2, 0.25) is 0 Å². The number of rotatable bonds is 11. The van der Waals surface area contributed by atoms with Crippen LogP contribution in [0.25, 0.3) is 0 Å². The molecule has 10 nitrogen and oxygen atoms in total. The average molecular weight is 523 g/mol. The molecule has 3 aromatic carbocycles. The molecule has 0 bridgehead atoms. The zero-order chi connectivity index (χ0) is 27.3. The Morgan fingerprint density at radius 3 is 2.54 bits per heavy atom. The second-order valence-corrected chi connectivity index (χ2v) is 8.40. The van der Waals surface area contributed by atoms with Gasteiger partial charge in [0, 0.05) is 23.9 Å². The molecule has 0 fully saturated rings. The standard InChI is InChI=1S/C29H26N6O4/c30-15-23-8-4-5-9-24(23)19-38-26-12-10-21(11-13-26)16-33-35-28(36)27(14-25-17-31-20-32-25)34-29(37)39-18-22-6-2-1-3-7-22/h1-13,16-17,20,27H,14,18-19H2,(H,31,32)(H,34,37)(H,35,36). The summed E-state index contributed by atoms with van der Waals surface area (Å²) >= 11 is 0. The molecule has 39 heavy (non-hydrogen) atoms. The van der Waals surface area contributed by atoms with Crippen molar-refractivity contribution in [3.05, 3.63) is 119 Å². The molecule has 0 aliphatic carbocycles. The number of nitrogens with one attached hydrogen (secondary N) is 3. The van der Waals surface area contributed by atoms with Crippen molar-refractivity contribution in [3.63, 3.8) is 0 Å². The average Bonchev–Trinajstić information content (AvgIpc) is 3.49. The van der Waals surface area contributed by atoms with Crippen LogP contribution in [-0.2, 0) is 29.2 Å². The van der Waals surface area contributed by atoms with E-state index in [0.29, 0.717) is 17.0 Å². The highest BCUT2D eigenvalue weighted by molar-refractivity contribution is 5.87. The van der Waals surface area contributed by atoms with Gasteiger partial charge in [0.05, 0.1) is 24.2 Å². The summed E-state index contributed by atoms with van der Waals surface area (Å²) in [6.07, 6.45) is 3.99. The first-order valence-corrected chi connectivity index (χ1v) is 12.1. The van der Waals surface area contributed by atoms with Gasteiger partial charge in [-0.2, -0.15) is 10.4 Å². The van der Waals surface area contributed by atoms with Gasteiger partial charge in [0.2, 0.25) is 0 Å².